The van der Waals surface area contributed by atoms with Gasteiger partial charge in [-0.05, 0) is 31.4 Å². The summed E-state index contributed by atoms with van der Waals surface area (Å²) in [6.07, 6.45) is 13.8. The van der Waals surface area contributed by atoms with Crippen LogP contribution in [0.4, 0.5) is 0 Å². The molecule has 120 valence electrons. The second-order valence-corrected chi connectivity index (χ2v) is 5.40. The second-order valence-electron chi connectivity index (χ2n) is 5.40. The standard InChI is InChI=1S/C18H30O3/c1-2-14-17(19)15-12-10-8-6-4-3-5-7-9-11-13-16-18(20)21/h12,15,17,19H,2-7,9,11,13-14,16H2,1H3,(H,20,21)/b15-12+. The molecule has 0 aromatic carbocycles. The van der Waals surface area contributed by atoms with Gasteiger partial charge >= 0.3 is 5.97 Å². The van der Waals surface area contributed by atoms with Crippen molar-refractivity contribution in [3.05, 3.63) is 12.2 Å². The molecule has 0 radical (unpaired) electrons. The topological polar surface area (TPSA) is 57.5 Å². The largest absolute Gasteiger partial charge is 0.481 e. The molecular formula is C18H30O3. The van der Waals surface area contributed by atoms with Crippen molar-refractivity contribution in [1.29, 1.82) is 0 Å². The normalized spacial score (nSPS) is 12.1. The van der Waals surface area contributed by atoms with Crippen molar-refractivity contribution in [2.75, 3.05) is 0 Å². The van der Waals surface area contributed by atoms with Gasteiger partial charge in [-0.1, -0.05) is 57.3 Å². The Labute approximate surface area is 129 Å². The van der Waals surface area contributed by atoms with E-state index in [-0.39, 0.29) is 6.10 Å². The minimum absolute atomic E-state index is 0.302. The summed E-state index contributed by atoms with van der Waals surface area (Å²) in [5.41, 5.74) is 0. The molecule has 1 unspecified atom stereocenters. The van der Waals surface area contributed by atoms with Crippen LogP contribution >= 0.6 is 0 Å². The Hall–Kier alpha value is -1.27. The van der Waals surface area contributed by atoms with Gasteiger partial charge in [0.15, 0.2) is 0 Å². The third kappa shape index (κ3) is 16.7. The number of unbranched alkanes of at least 4 members (excludes halogenated alkanes) is 7. The van der Waals surface area contributed by atoms with E-state index in [0.29, 0.717) is 6.42 Å². The van der Waals surface area contributed by atoms with Crippen LogP contribution in [0.1, 0.15) is 77.6 Å². The van der Waals surface area contributed by atoms with E-state index >= 15 is 0 Å². The van der Waals surface area contributed by atoms with Gasteiger partial charge in [-0.2, -0.15) is 0 Å². The van der Waals surface area contributed by atoms with Crippen LogP contribution in [0.3, 0.4) is 0 Å². The van der Waals surface area contributed by atoms with E-state index in [4.69, 9.17) is 5.11 Å². The average molecular weight is 294 g/mol. The van der Waals surface area contributed by atoms with Crippen molar-refractivity contribution in [2.24, 2.45) is 0 Å². The smallest absolute Gasteiger partial charge is 0.303 e. The van der Waals surface area contributed by atoms with E-state index in [9.17, 15) is 9.90 Å². The molecule has 0 heterocycles. The van der Waals surface area contributed by atoms with Crippen molar-refractivity contribution in [3.8, 4) is 11.8 Å². The van der Waals surface area contributed by atoms with E-state index in [1.54, 1.807) is 12.2 Å². The summed E-state index contributed by atoms with van der Waals surface area (Å²) in [7, 11) is 0. The Bertz CT molecular complexity index is 336. The summed E-state index contributed by atoms with van der Waals surface area (Å²) >= 11 is 0. The van der Waals surface area contributed by atoms with Crippen molar-refractivity contribution in [1.82, 2.24) is 0 Å². The third-order valence-corrected chi connectivity index (χ3v) is 3.28. The zero-order chi connectivity index (χ0) is 15.8. The average Bonchev–Trinajstić information content (AvgIpc) is 2.44. The predicted molar refractivity (Wildman–Crippen MR) is 87.0 cm³/mol. The van der Waals surface area contributed by atoms with Crippen molar-refractivity contribution in [2.45, 2.75) is 83.7 Å². The van der Waals surface area contributed by atoms with Crippen molar-refractivity contribution < 1.29 is 15.0 Å². The lowest BCUT2D eigenvalue weighted by Crippen LogP contribution is -1.99. The molecule has 2 N–H and O–H groups in total. The molecule has 21 heavy (non-hydrogen) atoms. The SMILES string of the molecule is CCCC(O)/C=C/C#CCCCCCCCCCC(=O)O. The summed E-state index contributed by atoms with van der Waals surface area (Å²) in [4.78, 5) is 10.3. The highest BCUT2D eigenvalue weighted by Gasteiger charge is 1.96. The van der Waals surface area contributed by atoms with E-state index in [2.05, 4.69) is 18.8 Å². The fourth-order valence-corrected chi connectivity index (χ4v) is 2.06. The number of hydrogen-bond donors (Lipinski definition) is 2. The lowest BCUT2D eigenvalue weighted by molar-refractivity contribution is -0.137. The van der Waals surface area contributed by atoms with Gasteiger partial charge in [0, 0.05) is 12.8 Å². The molecule has 0 aliphatic rings. The summed E-state index contributed by atoms with van der Waals surface area (Å²) < 4.78 is 0. The number of carboxylic acids is 1. The first-order chi connectivity index (χ1) is 10.2. The van der Waals surface area contributed by atoms with Gasteiger partial charge in [-0.25, -0.2) is 0 Å². The zero-order valence-corrected chi connectivity index (χ0v) is 13.3. The molecule has 3 nitrogen and oxygen atoms in total. The Morgan fingerprint density at radius 1 is 1.10 bits per heavy atom. The zero-order valence-electron chi connectivity index (χ0n) is 13.3. The molecule has 0 aromatic heterocycles. The van der Waals surface area contributed by atoms with E-state index in [1.807, 2.05) is 0 Å². The second kappa shape index (κ2) is 15.1. The van der Waals surface area contributed by atoms with Crippen molar-refractivity contribution in [3.63, 3.8) is 0 Å². The van der Waals surface area contributed by atoms with Crippen LogP contribution in [0, 0.1) is 11.8 Å². The van der Waals surface area contributed by atoms with Crippen LogP contribution in [0.15, 0.2) is 12.2 Å². The van der Waals surface area contributed by atoms with Gasteiger partial charge in [0.05, 0.1) is 6.10 Å². The number of carboxylic acid groups (broad SMARTS) is 1. The summed E-state index contributed by atoms with van der Waals surface area (Å²) in [5, 5.41) is 18.0. The quantitative estimate of drug-likeness (QED) is 0.417. The number of aliphatic hydroxyl groups is 1. The maximum Gasteiger partial charge on any atom is 0.303 e. The first-order valence-electron chi connectivity index (χ1n) is 8.21. The van der Waals surface area contributed by atoms with Crippen LogP contribution in [0.2, 0.25) is 0 Å². The van der Waals surface area contributed by atoms with Gasteiger partial charge in [-0.3, -0.25) is 4.79 Å². The van der Waals surface area contributed by atoms with Crippen LogP contribution < -0.4 is 0 Å². The maximum atomic E-state index is 10.3. The third-order valence-electron chi connectivity index (χ3n) is 3.28. The molecule has 3 heteroatoms. The number of aliphatic carboxylic acids is 1. The highest BCUT2D eigenvalue weighted by molar-refractivity contribution is 5.66. The van der Waals surface area contributed by atoms with Crippen LogP contribution in [-0.4, -0.2) is 22.3 Å². The molecule has 0 amide bonds. The molecule has 1 atom stereocenters. The number of carbonyl (C=O) groups is 1. The highest BCUT2D eigenvalue weighted by Crippen LogP contribution is 2.09. The monoisotopic (exact) mass is 294 g/mol. The van der Waals surface area contributed by atoms with E-state index in [1.165, 1.54) is 19.3 Å². The molecule has 0 rings (SSSR count). The number of aliphatic hydroxyl groups excluding tert-OH is 1. The Balaban J connectivity index is 3.31. The van der Waals surface area contributed by atoms with Gasteiger partial charge in [0.2, 0.25) is 0 Å². The summed E-state index contributed by atoms with van der Waals surface area (Å²) in [6.45, 7) is 2.05. The number of allylic oxidation sites excluding steroid dienone is 1. The van der Waals surface area contributed by atoms with E-state index < -0.39 is 5.97 Å². The van der Waals surface area contributed by atoms with Gasteiger partial charge < -0.3 is 10.2 Å². The molecule has 0 aliphatic carbocycles. The lowest BCUT2D eigenvalue weighted by Gasteiger charge is -1.99. The first kappa shape index (κ1) is 19.7. The van der Waals surface area contributed by atoms with Gasteiger partial charge in [0.25, 0.3) is 0 Å². The Kier molecular flexibility index (Phi) is 14.2. The molecule has 0 bridgehead atoms. The highest BCUT2D eigenvalue weighted by atomic mass is 16.4. The molecular weight excluding hydrogens is 264 g/mol. The molecule has 0 spiro atoms. The van der Waals surface area contributed by atoms with E-state index in [0.717, 1.165) is 44.9 Å². The lowest BCUT2D eigenvalue weighted by atomic mass is 10.1. The van der Waals surface area contributed by atoms with Crippen LogP contribution in [-0.2, 0) is 4.79 Å². The fraction of sp³-hybridized carbons (Fsp3) is 0.722. The Morgan fingerprint density at radius 2 is 1.71 bits per heavy atom. The van der Waals surface area contributed by atoms with Gasteiger partial charge in [0.1, 0.15) is 0 Å². The van der Waals surface area contributed by atoms with Crippen LogP contribution in [0.5, 0.6) is 0 Å². The molecule has 0 saturated carbocycles. The molecule has 0 aromatic rings. The summed E-state index contributed by atoms with van der Waals surface area (Å²) in [5.74, 6) is 5.36. The molecule has 0 aliphatic heterocycles. The first-order valence-corrected chi connectivity index (χ1v) is 8.21. The van der Waals surface area contributed by atoms with Crippen LogP contribution in [0.25, 0.3) is 0 Å². The number of hydrogen-bond acceptors (Lipinski definition) is 2. The minimum Gasteiger partial charge on any atom is -0.481 e. The molecule has 0 fully saturated rings. The summed E-state index contributed by atoms with van der Waals surface area (Å²) in [6, 6.07) is 0. The molecule has 0 saturated heterocycles. The van der Waals surface area contributed by atoms with Gasteiger partial charge in [-0.15, -0.1) is 0 Å². The van der Waals surface area contributed by atoms with Crippen molar-refractivity contribution >= 4 is 5.97 Å². The fourth-order valence-electron chi connectivity index (χ4n) is 2.06. The number of rotatable bonds is 12. The Morgan fingerprint density at radius 3 is 2.33 bits per heavy atom. The predicted octanol–water partition coefficient (Wildman–Crippen LogP) is 4.30. The maximum absolute atomic E-state index is 10.3. The minimum atomic E-state index is -0.690.